The highest BCUT2D eigenvalue weighted by molar-refractivity contribution is 6.74. The Morgan fingerprint density at radius 1 is 0.864 bits per heavy atom. The van der Waals surface area contributed by atoms with Crippen LogP contribution in [0.4, 0.5) is 0 Å². The summed E-state index contributed by atoms with van der Waals surface area (Å²) in [5.74, 6) is -0.454. The summed E-state index contributed by atoms with van der Waals surface area (Å²) in [7, 11) is -5.47. The molecule has 0 aliphatic rings. The van der Waals surface area contributed by atoms with Gasteiger partial charge in [-0.15, -0.1) is 0 Å². The van der Waals surface area contributed by atoms with E-state index in [0.29, 0.717) is 6.42 Å². The third-order valence-electron chi connectivity index (χ3n) is 2.36. The number of carbonyl (C=O) groups excluding carboxylic acids is 2. The molecule has 0 bridgehead atoms. The van der Waals surface area contributed by atoms with E-state index >= 15 is 0 Å². The first-order valence-corrected chi connectivity index (χ1v) is 18.1. The van der Waals surface area contributed by atoms with Gasteiger partial charge in [-0.2, -0.15) is 0 Å². The van der Waals surface area contributed by atoms with Crippen molar-refractivity contribution >= 4 is 36.8 Å². The van der Waals surface area contributed by atoms with E-state index in [1.807, 2.05) is 39.3 Å². The minimum Gasteiger partial charge on any atom is -0.520 e. The van der Waals surface area contributed by atoms with Gasteiger partial charge in [-0.05, 0) is 45.7 Å². The Morgan fingerprint density at radius 2 is 1.32 bits per heavy atom. The zero-order chi connectivity index (χ0) is 17.8. The zero-order valence-corrected chi connectivity index (χ0v) is 18.6. The fraction of sp³-hybridized carbons (Fsp3) is 0.857. The van der Waals surface area contributed by atoms with Crippen molar-refractivity contribution in [3.8, 4) is 0 Å². The van der Waals surface area contributed by atoms with Crippen LogP contribution in [-0.4, -0.2) is 42.9 Å². The molecule has 0 spiro atoms. The smallest absolute Gasteiger partial charge is 0.309 e. The van der Waals surface area contributed by atoms with Crippen molar-refractivity contribution in [2.45, 2.75) is 77.8 Å². The van der Waals surface area contributed by atoms with Crippen LogP contribution in [0, 0.1) is 0 Å². The van der Waals surface area contributed by atoms with E-state index in [0.717, 1.165) is 0 Å². The molecule has 130 valence electrons. The SMILES string of the molecule is C[Si](C)(C)N[C@@H](CCC(=O)O[Si](C)(C)C)C(=O)O[Si](C)(C)C. The lowest BCUT2D eigenvalue weighted by Crippen LogP contribution is -2.53. The van der Waals surface area contributed by atoms with Gasteiger partial charge in [0.1, 0.15) is 8.24 Å². The van der Waals surface area contributed by atoms with Gasteiger partial charge in [-0.25, -0.2) is 0 Å². The van der Waals surface area contributed by atoms with Gasteiger partial charge in [-0.3, -0.25) is 9.59 Å². The van der Waals surface area contributed by atoms with Gasteiger partial charge in [0.15, 0.2) is 0 Å². The first kappa shape index (κ1) is 21.6. The molecule has 0 unspecified atom stereocenters. The normalized spacial score (nSPS) is 14.4. The minimum atomic E-state index is -1.94. The predicted molar refractivity (Wildman–Crippen MR) is 98.4 cm³/mol. The molecule has 1 atom stereocenters. The molecule has 0 rings (SSSR count). The lowest BCUT2D eigenvalue weighted by Gasteiger charge is -2.28. The number of hydrogen-bond donors (Lipinski definition) is 1. The van der Waals surface area contributed by atoms with Crippen molar-refractivity contribution < 1.29 is 18.4 Å². The lowest BCUT2D eigenvalue weighted by atomic mass is 10.2. The van der Waals surface area contributed by atoms with Crippen LogP contribution in [0.2, 0.25) is 58.9 Å². The van der Waals surface area contributed by atoms with E-state index in [4.69, 9.17) is 8.85 Å². The van der Waals surface area contributed by atoms with Crippen molar-refractivity contribution in [2.75, 3.05) is 0 Å². The molecule has 0 saturated heterocycles. The van der Waals surface area contributed by atoms with Crippen LogP contribution in [0.25, 0.3) is 0 Å². The predicted octanol–water partition coefficient (Wildman–Crippen LogP) is 3.32. The standard InChI is InChI=1S/C14H33NO4Si3/c1-20(2,3)15-12(14(17)19-22(7,8)9)10-11-13(16)18-21(4,5)6/h12,15H,10-11H2,1-9H3/t12-/m0/s1. The second kappa shape index (κ2) is 7.89. The lowest BCUT2D eigenvalue weighted by molar-refractivity contribution is -0.138. The summed E-state index contributed by atoms with van der Waals surface area (Å²) in [6.07, 6.45) is 0.671. The fourth-order valence-electron chi connectivity index (χ4n) is 1.80. The first-order chi connectivity index (χ1) is 9.59. The Kier molecular flexibility index (Phi) is 7.73. The van der Waals surface area contributed by atoms with Crippen molar-refractivity contribution in [3.63, 3.8) is 0 Å². The Balaban J connectivity index is 4.75. The van der Waals surface area contributed by atoms with Crippen LogP contribution in [0.5, 0.6) is 0 Å². The highest BCUT2D eigenvalue weighted by atomic mass is 28.4. The molecule has 0 aromatic heterocycles. The molecule has 0 aromatic rings. The molecule has 22 heavy (non-hydrogen) atoms. The van der Waals surface area contributed by atoms with Gasteiger partial charge in [-0.1, -0.05) is 19.6 Å². The number of nitrogens with one attached hydrogen (secondary N) is 1. The average Bonchev–Trinajstić information content (AvgIpc) is 2.17. The van der Waals surface area contributed by atoms with Crippen LogP contribution in [0.3, 0.4) is 0 Å². The maximum Gasteiger partial charge on any atom is 0.309 e. The summed E-state index contributed by atoms with van der Waals surface area (Å²) in [5.41, 5.74) is 0. The molecule has 0 radical (unpaired) electrons. The Bertz CT molecular complexity index is 394. The Labute approximate surface area is 138 Å². The van der Waals surface area contributed by atoms with Gasteiger partial charge in [0.25, 0.3) is 5.97 Å². The maximum atomic E-state index is 12.4. The van der Waals surface area contributed by atoms with E-state index < -0.39 is 30.9 Å². The Hall–Kier alpha value is -0.449. The van der Waals surface area contributed by atoms with Gasteiger partial charge in [0.2, 0.25) is 16.6 Å². The number of carbonyl (C=O) groups is 2. The first-order valence-electron chi connectivity index (χ1n) is 7.81. The quantitative estimate of drug-likeness (QED) is 0.670. The summed E-state index contributed by atoms with van der Waals surface area (Å²) >= 11 is 0. The third kappa shape index (κ3) is 12.1. The van der Waals surface area contributed by atoms with Crippen LogP contribution >= 0.6 is 0 Å². The number of rotatable bonds is 8. The maximum absolute atomic E-state index is 12.4. The minimum absolute atomic E-state index is 0.220. The van der Waals surface area contributed by atoms with E-state index in [1.54, 1.807) is 0 Å². The molecule has 0 aromatic carbocycles. The molecular weight excluding hydrogens is 330 g/mol. The highest BCUT2D eigenvalue weighted by Crippen LogP contribution is 2.12. The summed E-state index contributed by atoms with van der Waals surface area (Å²) in [4.78, 5) is 27.6. The summed E-state index contributed by atoms with van der Waals surface area (Å²) in [5, 5.41) is 0. The van der Waals surface area contributed by atoms with Crippen LogP contribution in [0.1, 0.15) is 12.8 Å². The Morgan fingerprint density at radius 3 is 1.68 bits per heavy atom. The van der Waals surface area contributed by atoms with Crippen LogP contribution < -0.4 is 4.98 Å². The third-order valence-corrected chi connectivity index (χ3v) is 5.22. The average molecular weight is 364 g/mol. The van der Waals surface area contributed by atoms with Gasteiger partial charge in [0.05, 0.1) is 6.04 Å². The summed E-state index contributed by atoms with van der Waals surface area (Å²) < 4.78 is 11.0. The van der Waals surface area contributed by atoms with Crippen molar-refractivity contribution in [1.82, 2.24) is 4.98 Å². The monoisotopic (exact) mass is 363 g/mol. The van der Waals surface area contributed by atoms with Gasteiger partial charge < -0.3 is 13.8 Å². The molecule has 5 nitrogen and oxygen atoms in total. The van der Waals surface area contributed by atoms with E-state index in [2.05, 4.69) is 24.6 Å². The summed E-state index contributed by atoms with van der Waals surface area (Å²) in [6.45, 7) is 18.3. The molecule has 0 saturated carbocycles. The molecule has 1 N–H and O–H groups in total. The number of hydrogen-bond acceptors (Lipinski definition) is 5. The van der Waals surface area contributed by atoms with Crippen molar-refractivity contribution in [3.05, 3.63) is 0 Å². The molecule has 8 heteroatoms. The van der Waals surface area contributed by atoms with E-state index in [9.17, 15) is 9.59 Å². The van der Waals surface area contributed by atoms with E-state index in [-0.39, 0.29) is 18.4 Å². The van der Waals surface area contributed by atoms with E-state index in [1.165, 1.54) is 0 Å². The molecule has 0 aliphatic heterocycles. The second-order valence-corrected chi connectivity index (χ2v) is 22.3. The van der Waals surface area contributed by atoms with Crippen LogP contribution in [-0.2, 0) is 18.4 Å². The topological polar surface area (TPSA) is 64.6 Å². The molecule has 0 heterocycles. The largest absolute Gasteiger partial charge is 0.520 e. The summed E-state index contributed by atoms with van der Waals surface area (Å²) in [6, 6.07) is -0.424. The molecule has 0 fully saturated rings. The van der Waals surface area contributed by atoms with Gasteiger partial charge >= 0.3 is 5.97 Å². The highest BCUT2D eigenvalue weighted by Gasteiger charge is 2.31. The van der Waals surface area contributed by atoms with Crippen molar-refractivity contribution in [1.29, 1.82) is 0 Å². The molecule has 0 amide bonds. The van der Waals surface area contributed by atoms with Crippen molar-refractivity contribution in [2.24, 2.45) is 0 Å². The van der Waals surface area contributed by atoms with Gasteiger partial charge in [0, 0.05) is 6.42 Å². The zero-order valence-electron chi connectivity index (χ0n) is 15.6. The fourth-order valence-corrected chi connectivity index (χ4v) is 4.64. The second-order valence-electron chi connectivity index (χ2n) is 8.61. The van der Waals surface area contributed by atoms with Crippen LogP contribution in [0.15, 0.2) is 0 Å². The molecule has 0 aliphatic carbocycles. The molecular formula is C14H33NO4Si3.